The van der Waals surface area contributed by atoms with Crippen molar-refractivity contribution >= 4 is 0 Å². The second-order valence-corrected chi connectivity index (χ2v) is 3.74. The summed E-state index contributed by atoms with van der Waals surface area (Å²) in [5.41, 5.74) is 0. The number of ether oxygens (including phenoxy) is 1. The second kappa shape index (κ2) is 3.70. The molecule has 2 fully saturated rings. The van der Waals surface area contributed by atoms with Crippen molar-refractivity contribution in [2.24, 2.45) is 11.8 Å². The van der Waals surface area contributed by atoms with Crippen LogP contribution in [0, 0.1) is 5.92 Å². The summed E-state index contributed by atoms with van der Waals surface area (Å²) in [5.74, 6) is 6.44. The molecule has 0 aromatic heterocycles. The average Bonchev–Trinajstić information content (AvgIpc) is 2.00. The third kappa shape index (κ3) is 1.95. The van der Waals surface area contributed by atoms with Crippen LogP contribution in [0.25, 0.3) is 0 Å². The summed E-state index contributed by atoms with van der Waals surface area (Å²) in [5, 5.41) is 1.90. The summed E-state index contributed by atoms with van der Waals surface area (Å²) in [6.45, 7) is 7.38. The van der Waals surface area contributed by atoms with E-state index < -0.39 is 0 Å². The number of hydrogen-bond acceptors (Lipinski definition) is 4. The van der Waals surface area contributed by atoms with Gasteiger partial charge in [0.05, 0.1) is 13.2 Å². The fraction of sp³-hybridized carbons (Fsp3) is 1.00. The summed E-state index contributed by atoms with van der Waals surface area (Å²) < 4.78 is 5.14. The lowest BCUT2D eigenvalue weighted by molar-refractivity contribution is -0.0511. The van der Waals surface area contributed by atoms with E-state index in [0.29, 0.717) is 0 Å². The number of hydrogen-bond donors (Lipinski definition) is 1. The standard InChI is InChI=1S/C8H17N3O/c9-11-3-1-10(2-4-11)5-8-6-12-7-8/h8H,1-7,9H2. The number of nitrogens with two attached hydrogens (primary N) is 1. The van der Waals surface area contributed by atoms with Crippen LogP contribution in [0.1, 0.15) is 0 Å². The van der Waals surface area contributed by atoms with E-state index in [1.807, 2.05) is 5.01 Å². The Morgan fingerprint density at radius 2 is 1.83 bits per heavy atom. The van der Waals surface area contributed by atoms with E-state index >= 15 is 0 Å². The van der Waals surface area contributed by atoms with E-state index in [2.05, 4.69) is 4.90 Å². The van der Waals surface area contributed by atoms with E-state index in [-0.39, 0.29) is 0 Å². The maximum atomic E-state index is 5.66. The fourth-order valence-corrected chi connectivity index (χ4v) is 1.70. The summed E-state index contributed by atoms with van der Waals surface area (Å²) in [6.07, 6.45) is 0. The molecule has 0 aromatic carbocycles. The summed E-state index contributed by atoms with van der Waals surface area (Å²) in [6, 6.07) is 0. The molecular weight excluding hydrogens is 154 g/mol. The Morgan fingerprint density at radius 1 is 1.17 bits per heavy atom. The zero-order chi connectivity index (χ0) is 8.39. The van der Waals surface area contributed by atoms with Gasteiger partial charge in [0, 0.05) is 38.6 Å². The van der Waals surface area contributed by atoms with E-state index in [9.17, 15) is 0 Å². The van der Waals surface area contributed by atoms with Gasteiger partial charge in [-0.3, -0.25) is 5.84 Å². The Hall–Kier alpha value is -0.160. The average molecular weight is 171 g/mol. The molecule has 2 rings (SSSR count). The molecule has 0 atom stereocenters. The molecular formula is C8H17N3O. The van der Waals surface area contributed by atoms with Crippen molar-refractivity contribution in [3.8, 4) is 0 Å². The van der Waals surface area contributed by atoms with Gasteiger partial charge < -0.3 is 9.64 Å². The third-order valence-electron chi connectivity index (χ3n) is 2.63. The van der Waals surface area contributed by atoms with E-state index in [1.165, 1.54) is 6.54 Å². The Morgan fingerprint density at radius 3 is 2.33 bits per heavy atom. The Bertz CT molecular complexity index is 141. The predicted octanol–water partition coefficient (Wildman–Crippen LogP) is -0.876. The molecule has 0 aliphatic carbocycles. The van der Waals surface area contributed by atoms with Crippen molar-refractivity contribution in [1.82, 2.24) is 9.91 Å². The maximum absolute atomic E-state index is 5.66. The van der Waals surface area contributed by atoms with Crippen molar-refractivity contribution in [1.29, 1.82) is 0 Å². The summed E-state index contributed by atoms with van der Waals surface area (Å²) in [7, 11) is 0. The number of hydrazine groups is 1. The lowest BCUT2D eigenvalue weighted by atomic mass is 10.1. The molecule has 0 aromatic rings. The van der Waals surface area contributed by atoms with Gasteiger partial charge in [0.15, 0.2) is 0 Å². The minimum absolute atomic E-state index is 0.786. The molecule has 2 heterocycles. The van der Waals surface area contributed by atoms with Crippen LogP contribution >= 0.6 is 0 Å². The van der Waals surface area contributed by atoms with Gasteiger partial charge in [-0.15, -0.1) is 0 Å². The minimum Gasteiger partial charge on any atom is -0.381 e. The highest BCUT2D eigenvalue weighted by Crippen LogP contribution is 2.12. The largest absolute Gasteiger partial charge is 0.381 e. The van der Waals surface area contributed by atoms with Crippen LogP contribution in [0.3, 0.4) is 0 Å². The first-order chi connectivity index (χ1) is 5.84. The molecule has 2 N–H and O–H groups in total. The zero-order valence-corrected chi connectivity index (χ0v) is 7.41. The third-order valence-corrected chi connectivity index (χ3v) is 2.63. The van der Waals surface area contributed by atoms with Gasteiger partial charge in [-0.2, -0.15) is 0 Å². The normalized spacial score (nSPS) is 28.8. The van der Waals surface area contributed by atoms with Crippen LogP contribution in [-0.2, 0) is 4.74 Å². The van der Waals surface area contributed by atoms with E-state index in [0.717, 1.165) is 45.3 Å². The second-order valence-electron chi connectivity index (χ2n) is 3.74. The van der Waals surface area contributed by atoms with Crippen molar-refractivity contribution in [3.63, 3.8) is 0 Å². The van der Waals surface area contributed by atoms with Gasteiger partial charge in [0.1, 0.15) is 0 Å². The molecule has 0 spiro atoms. The maximum Gasteiger partial charge on any atom is 0.0528 e. The number of rotatable bonds is 2. The van der Waals surface area contributed by atoms with E-state index in [1.54, 1.807) is 0 Å². The molecule has 4 nitrogen and oxygen atoms in total. The van der Waals surface area contributed by atoms with Gasteiger partial charge >= 0.3 is 0 Å². The van der Waals surface area contributed by atoms with Crippen molar-refractivity contribution in [2.45, 2.75) is 0 Å². The Balaban J connectivity index is 1.67. The highest BCUT2D eigenvalue weighted by Gasteiger charge is 2.23. The minimum atomic E-state index is 0.786. The molecule has 12 heavy (non-hydrogen) atoms. The summed E-state index contributed by atoms with van der Waals surface area (Å²) >= 11 is 0. The van der Waals surface area contributed by atoms with Crippen LogP contribution in [0.15, 0.2) is 0 Å². The molecule has 0 radical (unpaired) electrons. The molecule has 2 aliphatic heterocycles. The molecule has 0 bridgehead atoms. The summed E-state index contributed by atoms with van der Waals surface area (Å²) in [4.78, 5) is 2.48. The number of nitrogens with zero attached hydrogens (tertiary/aromatic N) is 2. The van der Waals surface area contributed by atoms with Crippen molar-refractivity contribution < 1.29 is 4.74 Å². The van der Waals surface area contributed by atoms with Gasteiger partial charge in [-0.05, 0) is 0 Å². The van der Waals surface area contributed by atoms with Crippen molar-refractivity contribution in [3.05, 3.63) is 0 Å². The first-order valence-electron chi connectivity index (χ1n) is 4.64. The van der Waals surface area contributed by atoms with Gasteiger partial charge in [0.2, 0.25) is 0 Å². The van der Waals surface area contributed by atoms with Crippen LogP contribution < -0.4 is 5.84 Å². The fourth-order valence-electron chi connectivity index (χ4n) is 1.70. The highest BCUT2D eigenvalue weighted by atomic mass is 16.5. The molecule has 4 heteroatoms. The molecule has 2 saturated heterocycles. The Labute approximate surface area is 73.2 Å². The highest BCUT2D eigenvalue weighted by molar-refractivity contribution is 4.74. The molecule has 2 aliphatic rings. The molecule has 0 amide bonds. The van der Waals surface area contributed by atoms with Crippen molar-refractivity contribution in [2.75, 3.05) is 45.9 Å². The number of piperazine rings is 1. The van der Waals surface area contributed by atoms with Gasteiger partial charge in [-0.1, -0.05) is 0 Å². The van der Waals surface area contributed by atoms with Gasteiger partial charge in [0.25, 0.3) is 0 Å². The lowest BCUT2D eigenvalue weighted by Crippen LogP contribution is -2.52. The van der Waals surface area contributed by atoms with E-state index in [4.69, 9.17) is 10.6 Å². The monoisotopic (exact) mass is 171 g/mol. The topological polar surface area (TPSA) is 41.7 Å². The SMILES string of the molecule is NN1CCN(CC2COC2)CC1. The first kappa shape index (κ1) is 8.44. The van der Waals surface area contributed by atoms with Crippen LogP contribution in [0.5, 0.6) is 0 Å². The molecule has 0 unspecified atom stereocenters. The lowest BCUT2D eigenvalue weighted by Gasteiger charge is -2.36. The molecule has 0 saturated carbocycles. The van der Waals surface area contributed by atoms with Gasteiger partial charge in [-0.25, -0.2) is 5.01 Å². The predicted molar refractivity (Wildman–Crippen MR) is 46.5 cm³/mol. The quantitative estimate of drug-likeness (QED) is 0.548. The Kier molecular flexibility index (Phi) is 2.60. The van der Waals surface area contributed by atoms with Crippen LogP contribution in [-0.4, -0.2) is 55.8 Å². The van der Waals surface area contributed by atoms with Crippen LogP contribution in [0.4, 0.5) is 0 Å². The first-order valence-corrected chi connectivity index (χ1v) is 4.64. The smallest absolute Gasteiger partial charge is 0.0528 e. The molecule has 70 valence electrons. The van der Waals surface area contributed by atoms with Crippen LogP contribution in [0.2, 0.25) is 0 Å². The zero-order valence-electron chi connectivity index (χ0n) is 7.41.